The summed E-state index contributed by atoms with van der Waals surface area (Å²) >= 11 is 1.70. The molecule has 0 bridgehead atoms. The molecule has 0 saturated heterocycles. The number of aryl methyl sites for hydroxylation is 1. The van der Waals surface area contributed by atoms with Gasteiger partial charge in [-0.15, -0.1) is 11.3 Å². The molecule has 2 N–H and O–H groups in total. The van der Waals surface area contributed by atoms with Gasteiger partial charge in [0.1, 0.15) is 0 Å². The molecule has 108 valence electrons. The third kappa shape index (κ3) is 3.23. The monoisotopic (exact) mass is 297 g/mol. The highest BCUT2D eigenvalue weighted by Gasteiger charge is 2.08. The third-order valence-electron chi connectivity index (χ3n) is 3.55. The second-order valence-electron chi connectivity index (χ2n) is 5.43. The Morgan fingerprint density at radius 3 is 2.52 bits per heavy atom. The molecule has 0 amide bonds. The number of hydrogen-bond acceptors (Lipinski definition) is 4. The fourth-order valence-electron chi connectivity index (χ4n) is 2.55. The van der Waals surface area contributed by atoms with E-state index in [0.29, 0.717) is 0 Å². The van der Waals surface area contributed by atoms with Crippen molar-refractivity contribution < 1.29 is 0 Å². The number of hydrogen-bond donors (Lipinski definition) is 1. The topological polar surface area (TPSA) is 42.2 Å². The van der Waals surface area contributed by atoms with Gasteiger partial charge in [0.05, 0.1) is 10.7 Å². The van der Waals surface area contributed by atoms with Crippen LogP contribution in [0, 0.1) is 6.92 Å². The Morgan fingerprint density at radius 2 is 1.86 bits per heavy atom. The summed E-state index contributed by atoms with van der Waals surface area (Å²) in [6.45, 7) is 3.71. The average Bonchev–Trinajstić information content (AvgIpc) is 2.85. The normalized spacial score (nSPS) is 11.4. The second-order valence-corrected chi connectivity index (χ2v) is 6.49. The highest BCUT2D eigenvalue weighted by Crippen LogP contribution is 2.23. The van der Waals surface area contributed by atoms with Crippen molar-refractivity contribution >= 4 is 27.8 Å². The Labute approximate surface area is 129 Å². The Balaban J connectivity index is 1.79. The summed E-state index contributed by atoms with van der Waals surface area (Å²) in [5.74, 6) is 0. The molecule has 0 unspecified atom stereocenters. The van der Waals surface area contributed by atoms with Gasteiger partial charge >= 0.3 is 0 Å². The molecule has 1 aromatic heterocycles. The molecule has 0 fully saturated rings. The fourth-order valence-corrected chi connectivity index (χ4v) is 3.15. The standard InChI is InChI=1S/C17H19N3S/c1-12-19-16(11-21-12)10-20(2)9-15-7-13-5-3-4-6-14(13)8-17(15)18/h3-8,11H,9-10,18H2,1-2H3. The van der Waals surface area contributed by atoms with E-state index in [-0.39, 0.29) is 0 Å². The van der Waals surface area contributed by atoms with E-state index in [4.69, 9.17) is 5.73 Å². The lowest BCUT2D eigenvalue weighted by Crippen LogP contribution is -2.18. The molecule has 3 nitrogen and oxygen atoms in total. The van der Waals surface area contributed by atoms with Crippen molar-refractivity contribution in [3.05, 3.63) is 58.0 Å². The van der Waals surface area contributed by atoms with Crippen molar-refractivity contribution in [2.24, 2.45) is 0 Å². The van der Waals surface area contributed by atoms with E-state index in [1.807, 2.05) is 13.0 Å². The molecule has 0 radical (unpaired) electrons. The van der Waals surface area contributed by atoms with Gasteiger partial charge in [-0.1, -0.05) is 24.3 Å². The van der Waals surface area contributed by atoms with E-state index in [1.165, 1.54) is 16.3 Å². The predicted octanol–water partition coefficient (Wildman–Crippen LogP) is 3.82. The van der Waals surface area contributed by atoms with Gasteiger partial charge < -0.3 is 5.73 Å². The molecule has 0 atom stereocenters. The number of rotatable bonds is 4. The third-order valence-corrected chi connectivity index (χ3v) is 4.37. The predicted molar refractivity (Wildman–Crippen MR) is 90.4 cm³/mol. The lowest BCUT2D eigenvalue weighted by molar-refractivity contribution is 0.316. The van der Waals surface area contributed by atoms with Crippen LogP contribution < -0.4 is 5.73 Å². The summed E-state index contributed by atoms with van der Waals surface area (Å²) in [6.07, 6.45) is 0. The first kappa shape index (κ1) is 14.0. The van der Waals surface area contributed by atoms with Gasteiger partial charge in [0.2, 0.25) is 0 Å². The zero-order valence-electron chi connectivity index (χ0n) is 12.3. The zero-order valence-corrected chi connectivity index (χ0v) is 13.2. The van der Waals surface area contributed by atoms with Crippen LogP contribution in [0.1, 0.15) is 16.3 Å². The number of benzene rings is 2. The SMILES string of the molecule is Cc1nc(CN(C)Cc2cc3ccccc3cc2N)cs1. The number of thiazole rings is 1. The van der Waals surface area contributed by atoms with Crippen LogP contribution >= 0.6 is 11.3 Å². The maximum atomic E-state index is 6.19. The van der Waals surface area contributed by atoms with Crippen molar-refractivity contribution in [2.45, 2.75) is 20.0 Å². The van der Waals surface area contributed by atoms with Crippen molar-refractivity contribution in [1.29, 1.82) is 0 Å². The van der Waals surface area contributed by atoms with Crippen molar-refractivity contribution in [2.75, 3.05) is 12.8 Å². The molecule has 1 heterocycles. The number of aromatic nitrogens is 1. The van der Waals surface area contributed by atoms with Crippen LogP contribution in [0.25, 0.3) is 10.8 Å². The number of nitrogens with zero attached hydrogens (tertiary/aromatic N) is 2. The lowest BCUT2D eigenvalue weighted by Gasteiger charge is -2.17. The highest BCUT2D eigenvalue weighted by atomic mass is 32.1. The van der Waals surface area contributed by atoms with Gasteiger partial charge in [0.15, 0.2) is 0 Å². The summed E-state index contributed by atoms with van der Waals surface area (Å²) in [5.41, 5.74) is 9.34. The van der Waals surface area contributed by atoms with Gasteiger partial charge in [-0.25, -0.2) is 4.98 Å². The van der Waals surface area contributed by atoms with E-state index in [2.05, 4.69) is 52.6 Å². The Morgan fingerprint density at radius 1 is 1.14 bits per heavy atom. The molecule has 0 aliphatic rings. The van der Waals surface area contributed by atoms with E-state index in [1.54, 1.807) is 11.3 Å². The van der Waals surface area contributed by atoms with Crippen molar-refractivity contribution in [3.8, 4) is 0 Å². The van der Waals surface area contributed by atoms with Crippen LogP contribution in [-0.2, 0) is 13.1 Å². The zero-order chi connectivity index (χ0) is 14.8. The molecule has 21 heavy (non-hydrogen) atoms. The van der Waals surface area contributed by atoms with Crippen molar-refractivity contribution in [3.63, 3.8) is 0 Å². The smallest absolute Gasteiger partial charge is 0.0897 e. The van der Waals surface area contributed by atoms with Gasteiger partial charge in [-0.05, 0) is 42.4 Å². The summed E-state index contributed by atoms with van der Waals surface area (Å²) in [6, 6.07) is 12.6. The van der Waals surface area contributed by atoms with Crippen molar-refractivity contribution in [1.82, 2.24) is 9.88 Å². The van der Waals surface area contributed by atoms with Gasteiger partial charge in [0.25, 0.3) is 0 Å². The van der Waals surface area contributed by atoms with E-state index >= 15 is 0 Å². The molecular formula is C17H19N3S. The first-order chi connectivity index (χ1) is 10.1. The Bertz CT molecular complexity index is 764. The van der Waals surface area contributed by atoms with Crippen LogP contribution in [0.15, 0.2) is 41.8 Å². The molecule has 0 spiro atoms. The van der Waals surface area contributed by atoms with Crippen LogP contribution in [0.2, 0.25) is 0 Å². The van der Waals surface area contributed by atoms with E-state index < -0.39 is 0 Å². The molecule has 0 saturated carbocycles. The summed E-state index contributed by atoms with van der Waals surface area (Å²) in [7, 11) is 2.10. The molecule has 3 rings (SSSR count). The summed E-state index contributed by atoms with van der Waals surface area (Å²) < 4.78 is 0. The molecule has 2 aromatic carbocycles. The molecular weight excluding hydrogens is 278 g/mol. The largest absolute Gasteiger partial charge is 0.398 e. The highest BCUT2D eigenvalue weighted by molar-refractivity contribution is 7.09. The molecule has 0 aliphatic heterocycles. The lowest BCUT2D eigenvalue weighted by atomic mass is 10.0. The maximum Gasteiger partial charge on any atom is 0.0897 e. The first-order valence-electron chi connectivity index (χ1n) is 6.98. The molecule has 3 aromatic rings. The summed E-state index contributed by atoms with van der Waals surface area (Å²) in [5, 5.41) is 5.66. The van der Waals surface area contributed by atoms with Gasteiger partial charge in [-0.3, -0.25) is 4.90 Å². The number of nitrogens with two attached hydrogens (primary N) is 1. The average molecular weight is 297 g/mol. The van der Waals surface area contributed by atoms with Crippen LogP contribution in [-0.4, -0.2) is 16.9 Å². The molecule has 0 aliphatic carbocycles. The minimum atomic E-state index is 0.827. The van der Waals surface area contributed by atoms with Gasteiger partial charge in [0, 0.05) is 24.2 Å². The Kier molecular flexibility index (Phi) is 3.90. The fraction of sp³-hybridized carbons (Fsp3) is 0.235. The maximum absolute atomic E-state index is 6.19. The van der Waals surface area contributed by atoms with E-state index in [0.717, 1.165) is 29.5 Å². The number of nitrogen functional groups attached to an aromatic ring is 1. The van der Waals surface area contributed by atoms with Crippen LogP contribution in [0.4, 0.5) is 5.69 Å². The summed E-state index contributed by atoms with van der Waals surface area (Å²) in [4.78, 5) is 6.76. The minimum Gasteiger partial charge on any atom is -0.398 e. The second kappa shape index (κ2) is 5.84. The quantitative estimate of drug-likeness (QED) is 0.744. The minimum absolute atomic E-state index is 0.827. The number of fused-ring (bicyclic) bond motifs is 1. The molecule has 4 heteroatoms. The van der Waals surface area contributed by atoms with Crippen LogP contribution in [0.3, 0.4) is 0 Å². The van der Waals surface area contributed by atoms with Crippen LogP contribution in [0.5, 0.6) is 0 Å². The first-order valence-corrected chi connectivity index (χ1v) is 7.86. The Hall–Kier alpha value is -1.91. The van der Waals surface area contributed by atoms with E-state index in [9.17, 15) is 0 Å². The van der Waals surface area contributed by atoms with Gasteiger partial charge in [-0.2, -0.15) is 0 Å². The number of anilines is 1.